The van der Waals surface area contributed by atoms with Crippen LogP contribution in [0.3, 0.4) is 0 Å². The van der Waals surface area contributed by atoms with Gasteiger partial charge in [0, 0.05) is 5.39 Å². The van der Waals surface area contributed by atoms with Crippen molar-refractivity contribution in [1.82, 2.24) is 0 Å². The van der Waals surface area contributed by atoms with E-state index in [-0.39, 0.29) is 11.1 Å². The first kappa shape index (κ1) is 11.5. The maximum absolute atomic E-state index is 11.9. The van der Waals surface area contributed by atoms with Crippen LogP contribution in [-0.2, 0) is 4.74 Å². The van der Waals surface area contributed by atoms with E-state index in [0.717, 1.165) is 5.39 Å². The molecule has 2 aromatic rings. The number of cyclic esters (lactones) is 2. The van der Waals surface area contributed by atoms with Gasteiger partial charge in [-0.25, -0.2) is 9.59 Å². The second kappa shape index (κ2) is 3.98. The van der Waals surface area contributed by atoms with Gasteiger partial charge in [-0.1, -0.05) is 12.1 Å². The number of methoxy groups -OCH3 is 2. The Bertz CT molecular complexity index is 661. The van der Waals surface area contributed by atoms with E-state index in [9.17, 15) is 9.59 Å². The molecule has 0 spiro atoms. The molecule has 5 nitrogen and oxygen atoms in total. The van der Waals surface area contributed by atoms with E-state index in [4.69, 9.17) is 14.2 Å². The molecule has 0 radical (unpaired) electrons. The van der Waals surface area contributed by atoms with Gasteiger partial charge in [-0.3, -0.25) is 0 Å². The van der Waals surface area contributed by atoms with Crippen LogP contribution in [0.15, 0.2) is 24.3 Å². The third-order valence-corrected chi connectivity index (χ3v) is 3.14. The standard InChI is InChI=1S/C14H10O5/c1-17-8-5-3-7-4-6-9(18-2)12-10(7)11(8)13(15)19-14(12)16/h3-6H,1-2H3. The first-order chi connectivity index (χ1) is 9.17. The lowest BCUT2D eigenvalue weighted by atomic mass is 9.95. The van der Waals surface area contributed by atoms with Crippen molar-refractivity contribution >= 4 is 22.7 Å². The molecule has 3 rings (SSSR count). The van der Waals surface area contributed by atoms with Crippen molar-refractivity contribution in [3.05, 3.63) is 35.4 Å². The summed E-state index contributed by atoms with van der Waals surface area (Å²) in [7, 11) is 2.92. The molecule has 0 aliphatic carbocycles. The number of carbonyl (C=O) groups is 2. The summed E-state index contributed by atoms with van der Waals surface area (Å²) in [4.78, 5) is 23.8. The molecule has 19 heavy (non-hydrogen) atoms. The normalized spacial score (nSPS) is 13.4. The summed E-state index contributed by atoms with van der Waals surface area (Å²) in [5.41, 5.74) is 0.516. The highest BCUT2D eigenvalue weighted by atomic mass is 16.6. The van der Waals surface area contributed by atoms with Crippen LogP contribution >= 0.6 is 0 Å². The Labute approximate surface area is 108 Å². The number of esters is 2. The van der Waals surface area contributed by atoms with Gasteiger partial charge in [-0.05, 0) is 17.5 Å². The maximum atomic E-state index is 11.9. The molecule has 0 unspecified atom stereocenters. The van der Waals surface area contributed by atoms with Gasteiger partial charge in [-0.2, -0.15) is 0 Å². The summed E-state index contributed by atoms with van der Waals surface area (Å²) in [5, 5.41) is 1.27. The third kappa shape index (κ3) is 1.48. The lowest BCUT2D eigenvalue weighted by Gasteiger charge is -2.19. The molecule has 96 valence electrons. The predicted molar refractivity (Wildman–Crippen MR) is 66.8 cm³/mol. The lowest BCUT2D eigenvalue weighted by Crippen LogP contribution is -2.21. The number of hydrogen-bond donors (Lipinski definition) is 0. The molecule has 1 aliphatic rings. The topological polar surface area (TPSA) is 61.8 Å². The minimum atomic E-state index is -0.701. The Morgan fingerprint density at radius 2 is 1.32 bits per heavy atom. The minimum absolute atomic E-state index is 0.258. The van der Waals surface area contributed by atoms with Crippen LogP contribution in [0.25, 0.3) is 10.8 Å². The monoisotopic (exact) mass is 258 g/mol. The van der Waals surface area contributed by atoms with Crippen LogP contribution in [0.2, 0.25) is 0 Å². The molecule has 5 heteroatoms. The van der Waals surface area contributed by atoms with Gasteiger partial charge in [-0.15, -0.1) is 0 Å². The van der Waals surface area contributed by atoms with E-state index in [1.165, 1.54) is 14.2 Å². The molecule has 0 amide bonds. The first-order valence-corrected chi connectivity index (χ1v) is 5.61. The molecule has 0 saturated heterocycles. The Morgan fingerprint density at radius 3 is 1.74 bits per heavy atom. The Balaban J connectivity index is 2.53. The maximum Gasteiger partial charge on any atom is 0.350 e. The molecule has 0 aromatic heterocycles. The molecular weight excluding hydrogens is 248 g/mol. The number of hydrogen-bond acceptors (Lipinski definition) is 5. The molecule has 2 aromatic carbocycles. The van der Waals surface area contributed by atoms with Crippen molar-refractivity contribution in [1.29, 1.82) is 0 Å². The Morgan fingerprint density at radius 1 is 0.842 bits per heavy atom. The van der Waals surface area contributed by atoms with Crippen molar-refractivity contribution in [3.63, 3.8) is 0 Å². The second-order valence-corrected chi connectivity index (χ2v) is 4.06. The molecule has 1 heterocycles. The van der Waals surface area contributed by atoms with Crippen LogP contribution in [0, 0.1) is 0 Å². The Hall–Kier alpha value is -2.56. The highest BCUT2D eigenvalue weighted by molar-refractivity contribution is 6.23. The van der Waals surface area contributed by atoms with Crippen molar-refractivity contribution in [2.75, 3.05) is 14.2 Å². The molecule has 0 saturated carbocycles. The summed E-state index contributed by atoms with van der Waals surface area (Å²) in [6.45, 7) is 0. The van der Waals surface area contributed by atoms with Crippen molar-refractivity contribution < 1.29 is 23.8 Å². The summed E-state index contributed by atoms with van der Waals surface area (Å²) < 4.78 is 15.1. The largest absolute Gasteiger partial charge is 0.496 e. The first-order valence-electron chi connectivity index (χ1n) is 5.61. The van der Waals surface area contributed by atoms with Gasteiger partial charge in [0.2, 0.25) is 0 Å². The summed E-state index contributed by atoms with van der Waals surface area (Å²) in [6.07, 6.45) is 0. The summed E-state index contributed by atoms with van der Waals surface area (Å²) in [6, 6.07) is 6.91. The molecular formula is C14H10O5. The fourth-order valence-electron chi connectivity index (χ4n) is 2.31. The van der Waals surface area contributed by atoms with Crippen LogP contribution in [-0.4, -0.2) is 26.2 Å². The minimum Gasteiger partial charge on any atom is -0.496 e. The lowest BCUT2D eigenvalue weighted by molar-refractivity contribution is 0.0387. The van der Waals surface area contributed by atoms with E-state index >= 15 is 0 Å². The molecule has 0 atom stereocenters. The summed E-state index contributed by atoms with van der Waals surface area (Å²) >= 11 is 0. The second-order valence-electron chi connectivity index (χ2n) is 4.06. The quantitative estimate of drug-likeness (QED) is 0.610. The molecule has 1 aliphatic heterocycles. The van der Waals surface area contributed by atoms with E-state index in [2.05, 4.69) is 0 Å². The van der Waals surface area contributed by atoms with Crippen molar-refractivity contribution in [2.45, 2.75) is 0 Å². The Kier molecular flexibility index (Phi) is 2.41. The predicted octanol–water partition coefficient (Wildman–Crippen LogP) is 2.17. The van der Waals surface area contributed by atoms with Gasteiger partial charge in [0.1, 0.15) is 22.6 Å². The van der Waals surface area contributed by atoms with Gasteiger partial charge >= 0.3 is 11.9 Å². The average Bonchev–Trinajstić information content (AvgIpc) is 2.43. The third-order valence-electron chi connectivity index (χ3n) is 3.14. The van der Waals surface area contributed by atoms with E-state index < -0.39 is 11.9 Å². The van der Waals surface area contributed by atoms with Crippen molar-refractivity contribution in [3.8, 4) is 11.5 Å². The van der Waals surface area contributed by atoms with Crippen LogP contribution in [0.5, 0.6) is 11.5 Å². The van der Waals surface area contributed by atoms with Crippen LogP contribution in [0.1, 0.15) is 20.7 Å². The highest BCUT2D eigenvalue weighted by Gasteiger charge is 2.32. The van der Waals surface area contributed by atoms with Gasteiger partial charge in [0.05, 0.1) is 14.2 Å². The molecule has 0 bridgehead atoms. The van der Waals surface area contributed by atoms with Gasteiger partial charge < -0.3 is 14.2 Å². The van der Waals surface area contributed by atoms with Gasteiger partial charge in [0.15, 0.2) is 0 Å². The molecule has 0 N–H and O–H groups in total. The average molecular weight is 258 g/mol. The molecule has 0 fully saturated rings. The zero-order valence-electron chi connectivity index (χ0n) is 10.4. The highest BCUT2D eigenvalue weighted by Crippen LogP contribution is 2.38. The van der Waals surface area contributed by atoms with Crippen LogP contribution < -0.4 is 9.47 Å². The number of ether oxygens (including phenoxy) is 3. The number of benzene rings is 2. The van der Waals surface area contributed by atoms with E-state index in [1.54, 1.807) is 24.3 Å². The fraction of sp³-hybridized carbons (Fsp3) is 0.143. The number of carbonyl (C=O) groups excluding carboxylic acids is 2. The fourth-order valence-corrected chi connectivity index (χ4v) is 2.31. The zero-order chi connectivity index (χ0) is 13.6. The zero-order valence-corrected chi connectivity index (χ0v) is 10.4. The van der Waals surface area contributed by atoms with Gasteiger partial charge in [0.25, 0.3) is 0 Å². The van der Waals surface area contributed by atoms with E-state index in [1.807, 2.05) is 0 Å². The SMILES string of the molecule is COc1ccc2ccc(OC)c3c2c1C(=O)OC3=O. The summed E-state index contributed by atoms with van der Waals surface area (Å²) in [5.74, 6) is -0.652. The van der Waals surface area contributed by atoms with Crippen LogP contribution in [0.4, 0.5) is 0 Å². The number of rotatable bonds is 2. The van der Waals surface area contributed by atoms with E-state index in [0.29, 0.717) is 16.9 Å². The smallest absolute Gasteiger partial charge is 0.350 e. The van der Waals surface area contributed by atoms with Crippen molar-refractivity contribution in [2.24, 2.45) is 0 Å².